The third-order valence-corrected chi connectivity index (χ3v) is 2.38. The number of hydrogen-bond donors (Lipinski definition) is 1. The van der Waals surface area contributed by atoms with Gasteiger partial charge in [0.1, 0.15) is 0 Å². The fraction of sp³-hybridized carbons (Fsp3) is 0.500. The van der Waals surface area contributed by atoms with E-state index in [0.717, 1.165) is 5.69 Å². The number of hydrogen-bond acceptors (Lipinski definition) is 3. The van der Waals surface area contributed by atoms with Gasteiger partial charge in [-0.2, -0.15) is 0 Å². The second-order valence-corrected chi connectivity index (χ2v) is 4.50. The first kappa shape index (κ1) is 12.6. The van der Waals surface area contributed by atoms with E-state index in [-0.39, 0.29) is 5.91 Å². The molecule has 0 aliphatic heterocycles. The fourth-order valence-corrected chi connectivity index (χ4v) is 1.45. The van der Waals surface area contributed by atoms with E-state index in [1.54, 1.807) is 25.2 Å². The molecule has 1 rings (SSSR count). The van der Waals surface area contributed by atoms with Gasteiger partial charge < -0.3 is 4.90 Å². The summed E-state index contributed by atoms with van der Waals surface area (Å²) < 4.78 is 0. The van der Waals surface area contributed by atoms with E-state index in [1.165, 1.54) is 0 Å². The Bertz CT molecular complexity index is 347. The maximum atomic E-state index is 11.8. The van der Waals surface area contributed by atoms with Gasteiger partial charge in [-0.25, -0.2) is 0 Å². The van der Waals surface area contributed by atoms with Crippen molar-refractivity contribution in [1.29, 1.82) is 0 Å². The van der Waals surface area contributed by atoms with Crippen molar-refractivity contribution in [3.8, 4) is 0 Å². The molecule has 0 unspecified atom stereocenters. The van der Waals surface area contributed by atoms with Gasteiger partial charge in [0.05, 0.1) is 11.2 Å². The zero-order valence-corrected chi connectivity index (χ0v) is 10.3. The number of rotatable bonds is 4. The lowest BCUT2D eigenvalue weighted by Crippen LogP contribution is -2.51. The molecule has 0 aliphatic carbocycles. The lowest BCUT2D eigenvalue weighted by molar-refractivity contribution is -0.134. The molecule has 0 aliphatic rings. The fourth-order valence-electron chi connectivity index (χ4n) is 1.45. The normalized spacial score (nSPS) is 11.2. The molecule has 4 nitrogen and oxygen atoms in total. The lowest BCUT2D eigenvalue weighted by Gasteiger charge is -2.28. The topological polar surface area (TPSA) is 45.2 Å². The predicted molar refractivity (Wildman–Crippen MR) is 63.8 cm³/mol. The monoisotopic (exact) mass is 221 g/mol. The molecule has 0 radical (unpaired) electrons. The minimum atomic E-state index is -0.568. The Morgan fingerprint density at radius 1 is 1.44 bits per heavy atom. The third-order valence-electron chi connectivity index (χ3n) is 2.38. The molecular formula is C12H19N3O. The van der Waals surface area contributed by atoms with Gasteiger partial charge in [-0.15, -0.1) is 0 Å². The third kappa shape index (κ3) is 3.31. The van der Waals surface area contributed by atoms with Crippen LogP contribution >= 0.6 is 0 Å². The van der Waals surface area contributed by atoms with Crippen molar-refractivity contribution in [2.24, 2.45) is 0 Å². The minimum absolute atomic E-state index is 0.0587. The van der Waals surface area contributed by atoms with Gasteiger partial charge in [0.2, 0.25) is 5.91 Å². The van der Waals surface area contributed by atoms with Crippen molar-refractivity contribution in [3.05, 3.63) is 30.1 Å². The standard InChI is InChI=1S/C12H19N3O/c1-12(2,11(16)15(3)4)14-9-10-7-5-6-8-13-10/h5-8,14H,9H2,1-4H3. The van der Waals surface area contributed by atoms with Gasteiger partial charge in [-0.1, -0.05) is 6.07 Å². The summed E-state index contributed by atoms with van der Waals surface area (Å²) in [5.74, 6) is 0.0587. The molecule has 1 amide bonds. The van der Waals surface area contributed by atoms with E-state index in [4.69, 9.17) is 0 Å². The van der Waals surface area contributed by atoms with Crippen molar-refractivity contribution in [2.45, 2.75) is 25.9 Å². The highest BCUT2D eigenvalue weighted by atomic mass is 16.2. The molecule has 1 heterocycles. The lowest BCUT2D eigenvalue weighted by atomic mass is 10.0. The molecule has 0 fully saturated rings. The Hall–Kier alpha value is -1.42. The molecule has 0 aromatic carbocycles. The van der Waals surface area contributed by atoms with Crippen LogP contribution in [0.25, 0.3) is 0 Å². The van der Waals surface area contributed by atoms with E-state index in [0.29, 0.717) is 6.54 Å². The average Bonchev–Trinajstić information content (AvgIpc) is 2.27. The molecule has 16 heavy (non-hydrogen) atoms. The van der Waals surface area contributed by atoms with Crippen LogP contribution in [-0.2, 0) is 11.3 Å². The van der Waals surface area contributed by atoms with Gasteiger partial charge in [-0.3, -0.25) is 15.1 Å². The summed E-state index contributed by atoms with van der Waals surface area (Å²) in [6.07, 6.45) is 1.75. The summed E-state index contributed by atoms with van der Waals surface area (Å²) in [6.45, 7) is 4.34. The van der Waals surface area contributed by atoms with Crippen LogP contribution in [0, 0.1) is 0 Å². The molecule has 4 heteroatoms. The second kappa shape index (κ2) is 5.07. The molecule has 0 saturated carbocycles. The molecule has 0 saturated heterocycles. The molecule has 1 aromatic heterocycles. The maximum Gasteiger partial charge on any atom is 0.241 e. The Kier molecular flexibility index (Phi) is 4.01. The van der Waals surface area contributed by atoms with Gasteiger partial charge in [0.25, 0.3) is 0 Å². The van der Waals surface area contributed by atoms with Crippen LogP contribution in [-0.4, -0.2) is 35.4 Å². The zero-order valence-electron chi connectivity index (χ0n) is 10.3. The van der Waals surface area contributed by atoms with Gasteiger partial charge in [0, 0.05) is 26.8 Å². The molecule has 0 spiro atoms. The van der Waals surface area contributed by atoms with Crippen LogP contribution < -0.4 is 5.32 Å². The predicted octanol–water partition coefficient (Wildman–Crippen LogP) is 1.04. The van der Waals surface area contributed by atoms with E-state index in [9.17, 15) is 4.79 Å². The number of likely N-dealkylation sites (N-methyl/N-ethyl adjacent to an activating group) is 1. The van der Waals surface area contributed by atoms with E-state index in [1.807, 2.05) is 32.0 Å². The van der Waals surface area contributed by atoms with Crippen molar-refractivity contribution in [1.82, 2.24) is 15.2 Å². The second-order valence-electron chi connectivity index (χ2n) is 4.50. The SMILES string of the molecule is CN(C)C(=O)C(C)(C)NCc1ccccn1. The largest absolute Gasteiger partial charge is 0.347 e. The highest BCUT2D eigenvalue weighted by Crippen LogP contribution is 2.07. The first-order valence-electron chi connectivity index (χ1n) is 5.30. The van der Waals surface area contributed by atoms with E-state index < -0.39 is 5.54 Å². The smallest absolute Gasteiger partial charge is 0.241 e. The van der Waals surface area contributed by atoms with Crippen molar-refractivity contribution in [3.63, 3.8) is 0 Å². The summed E-state index contributed by atoms with van der Waals surface area (Å²) in [5, 5.41) is 3.20. The first-order chi connectivity index (χ1) is 7.43. The van der Waals surface area contributed by atoms with Gasteiger partial charge in [0.15, 0.2) is 0 Å². The highest BCUT2D eigenvalue weighted by Gasteiger charge is 2.28. The Morgan fingerprint density at radius 2 is 2.12 bits per heavy atom. The van der Waals surface area contributed by atoms with Crippen molar-refractivity contribution >= 4 is 5.91 Å². The van der Waals surface area contributed by atoms with Crippen LogP contribution in [0.4, 0.5) is 0 Å². The molecule has 88 valence electrons. The number of nitrogens with zero attached hydrogens (tertiary/aromatic N) is 2. The molecular weight excluding hydrogens is 202 g/mol. The van der Waals surface area contributed by atoms with Crippen LogP contribution in [0.5, 0.6) is 0 Å². The van der Waals surface area contributed by atoms with Gasteiger partial charge in [-0.05, 0) is 26.0 Å². The maximum absolute atomic E-state index is 11.8. The summed E-state index contributed by atoms with van der Waals surface area (Å²) in [7, 11) is 3.51. The number of amides is 1. The number of pyridine rings is 1. The molecule has 0 atom stereocenters. The molecule has 1 N–H and O–H groups in total. The number of carbonyl (C=O) groups excluding carboxylic acids is 1. The highest BCUT2D eigenvalue weighted by molar-refractivity contribution is 5.84. The van der Waals surface area contributed by atoms with Crippen molar-refractivity contribution in [2.75, 3.05) is 14.1 Å². The molecule has 1 aromatic rings. The minimum Gasteiger partial charge on any atom is -0.347 e. The summed E-state index contributed by atoms with van der Waals surface area (Å²) in [5.41, 5.74) is 0.364. The summed E-state index contributed by atoms with van der Waals surface area (Å²) >= 11 is 0. The number of aromatic nitrogens is 1. The van der Waals surface area contributed by atoms with Crippen molar-refractivity contribution < 1.29 is 4.79 Å². The van der Waals surface area contributed by atoms with Crippen LogP contribution in [0.2, 0.25) is 0 Å². The van der Waals surface area contributed by atoms with E-state index in [2.05, 4.69) is 10.3 Å². The van der Waals surface area contributed by atoms with Crippen LogP contribution in [0.3, 0.4) is 0 Å². The number of nitrogens with one attached hydrogen (secondary N) is 1. The van der Waals surface area contributed by atoms with E-state index >= 15 is 0 Å². The first-order valence-corrected chi connectivity index (χ1v) is 5.30. The quantitative estimate of drug-likeness (QED) is 0.826. The van der Waals surface area contributed by atoms with Gasteiger partial charge >= 0.3 is 0 Å². The Labute approximate surface area is 96.7 Å². The zero-order chi connectivity index (χ0) is 12.2. The summed E-state index contributed by atoms with van der Waals surface area (Å²) in [4.78, 5) is 17.6. The number of carbonyl (C=O) groups is 1. The van der Waals surface area contributed by atoms with Crippen LogP contribution in [0.1, 0.15) is 19.5 Å². The Balaban J connectivity index is 2.58. The molecule has 0 bridgehead atoms. The Morgan fingerprint density at radius 3 is 2.62 bits per heavy atom. The average molecular weight is 221 g/mol. The van der Waals surface area contributed by atoms with Crippen LogP contribution in [0.15, 0.2) is 24.4 Å². The summed E-state index contributed by atoms with van der Waals surface area (Å²) in [6, 6.07) is 5.74.